The van der Waals surface area contributed by atoms with Crippen molar-refractivity contribution in [3.05, 3.63) is 88.9 Å². The summed E-state index contributed by atoms with van der Waals surface area (Å²) in [5, 5.41) is 3.42. The number of nitrogens with one attached hydrogen (secondary N) is 2. The molecule has 160 valence electrons. The molecular weight excluding hydrogens is 436 g/mol. The van der Waals surface area contributed by atoms with Crippen LogP contribution in [0.25, 0.3) is 0 Å². The van der Waals surface area contributed by atoms with Crippen molar-refractivity contribution in [1.29, 1.82) is 0 Å². The van der Waals surface area contributed by atoms with E-state index in [1.807, 2.05) is 24.3 Å². The van der Waals surface area contributed by atoms with E-state index in [9.17, 15) is 13.2 Å². The van der Waals surface area contributed by atoms with E-state index in [0.717, 1.165) is 17.7 Å². The zero-order valence-corrected chi connectivity index (χ0v) is 18.1. The molecule has 0 fully saturated rings. The van der Waals surface area contributed by atoms with E-state index in [1.165, 1.54) is 24.3 Å². The molecule has 3 aromatic carbocycles. The molecule has 8 heteroatoms. The highest BCUT2D eigenvalue weighted by Crippen LogP contribution is 2.26. The summed E-state index contributed by atoms with van der Waals surface area (Å²) in [5.41, 5.74) is 1.93. The Bertz CT molecular complexity index is 1180. The molecule has 0 bridgehead atoms. The minimum absolute atomic E-state index is 0.0660. The van der Waals surface area contributed by atoms with Crippen molar-refractivity contribution in [1.82, 2.24) is 5.32 Å². The Labute approximate surface area is 186 Å². The fraction of sp³-hybridized carbons (Fsp3) is 0.174. The zero-order valence-electron chi connectivity index (χ0n) is 16.5. The highest BCUT2D eigenvalue weighted by Gasteiger charge is 2.20. The quantitative estimate of drug-likeness (QED) is 0.584. The fourth-order valence-electron chi connectivity index (χ4n) is 3.38. The molecule has 3 aromatic rings. The number of hydrogen-bond acceptors (Lipinski definition) is 4. The number of benzene rings is 3. The summed E-state index contributed by atoms with van der Waals surface area (Å²) in [6.07, 6.45) is 0.837. The standard InChI is InChI=1S/C23H21ClN2O4S/c24-19-7-9-20(10-8-19)26-31(28,29)21-11-5-17(6-12-21)23(27)25-14-16-13-18-3-1-2-4-22(18)30-15-16/h1-12,16,26H,13-15H2,(H,25,27). The summed E-state index contributed by atoms with van der Waals surface area (Å²) in [7, 11) is -3.77. The molecule has 1 aliphatic heterocycles. The molecule has 1 aliphatic rings. The van der Waals surface area contributed by atoms with Crippen molar-refractivity contribution >= 4 is 33.2 Å². The first kappa shape index (κ1) is 21.2. The van der Waals surface area contributed by atoms with E-state index in [2.05, 4.69) is 10.0 Å². The fourth-order valence-corrected chi connectivity index (χ4v) is 4.56. The van der Waals surface area contributed by atoms with E-state index in [0.29, 0.717) is 29.4 Å². The topological polar surface area (TPSA) is 84.5 Å². The van der Waals surface area contributed by atoms with Gasteiger partial charge in [0.25, 0.3) is 15.9 Å². The lowest BCUT2D eigenvalue weighted by atomic mass is 9.96. The number of fused-ring (bicyclic) bond motifs is 1. The predicted molar refractivity (Wildman–Crippen MR) is 120 cm³/mol. The highest BCUT2D eigenvalue weighted by atomic mass is 35.5. The van der Waals surface area contributed by atoms with E-state index in [4.69, 9.17) is 16.3 Å². The van der Waals surface area contributed by atoms with Crippen LogP contribution in [-0.2, 0) is 16.4 Å². The van der Waals surface area contributed by atoms with E-state index in [-0.39, 0.29) is 16.7 Å². The summed E-state index contributed by atoms with van der Waals surface area (Å²) in [5.74, 6) is 0.824. The molecule has 0 aromatic heterocycles. The van der Waals surface area contributed by atoms with Crippen LogP contribution in [0.15, 0.2) is 77.7 Å². The summed E-state index contributed by atoms with van der Waals surface area (Å²) < 4.78 is 33.3. The van der Waals surface area contributed by atoms with Crippen molar-refractivity contribution < 1.29 is 17.9 Å². The van der Waals surface area contributed by atoms with Gasteiger partial charge in [0.05, 0.1) is 11.5 Å². The van der Waals surface area contributed by atoms with Gasteiger partial charge in [-0.3, -0.25) is 9.52 Å². The van der Waals surface area contributed by atoms with E-state index in [1.54, 1.807) is 24.3 Å². The van der Waals surface area contributed by atoms with E-state index < -0.39 is 10.0 Å². The van der Waals surface area contributed by atoms with Gasteiger partial charge in [0, 0.05) is 28.7 Å². The lowest BCUT2D eigenvalue weighted by molar-refractivity contribution is 0.0939. The molecule has 0 aliphatic carbocycles. The molecule has 1 amide bonds. The predicted octanol–water partition coefficient (Wildman–Crippen LogP) is 4.12. The SMILES string of the molecule is O=C(NCC1COc2ccccc2C1)c1ccc(S(=O)(=O)Nc2ccc(Cl)cc2)cc1. The monoisotopic (exact) mass is 456 g/mol. The molecule has 2 N–H and O–H groups in total. The van der Waals surface area contributed by atoms with Gasteiger partial charge in [0.2, 0.25) is 0 Å². The van der Waals surface area contributed by atoms with Crippen LogP contribution in [0.4, 0.5) is 5.69 Å². The first-order valence-electron chi connectivity index (χ1n) is 9.78. The third-order valence-corrected chi connectivity index (χ3v) is 6.68. The van der Waals surface area contributed by atoms with Crippen LogP contribution < -0.4 is 14.8 Å². The van der Waals surface area contributed by atoms with Gasteiger partial charge in [-0.15, -0.1) is 0 Å². The molecule has 0 radical (unpaired) electrons. The van der Waals surface area contributed by atoms with Crippen LogP contribution in [0.3, 0.4) is 0 Å². The van der Waals surface area contributed by atoms with Crippen molar-refractivity contribution in [3.8, 4) is 5.75 Å². The Morgan fingerprint density at radius 2 is 1.71 bits per heavy atom. The minimum Gasteiger partial charge on any atom is -0.493 e. The number of anilines is 1. The van der Waals surface area contributed by atoms with Crippen molar-refractivity contribution in [2.24, 2.45) is 5.92 Å². The Balaban J connectivity index is 1.35. The van der Waals surface area contributed by atoms with Crippen molar-refractivity contribution in [3.63, 3.8) is 0 Å². The molecule has 4 rings (SSSR count). The smallest absolute Gasteiger partial charge is 0.261 e. The van der Waals surface area contributed by atoms with Crippen LogP contribution >= 0.6 is 11.6 Å². The number of rotatable bonds is 6. The third-order valence-electron chi connectivity index (χ3n) is 5.03. The van der Waals surface area contributed by atoms with Crippen LogP contribution in [0.2, 0.25) is 5.02 Å². The average Bonchev–Trinajstić information content (AvgIpc) is 2.79. The lowest BCUT2D eigenvalue weighted by Gasteiger charge is -2.25. The second-order valence-electron chi connectivity index (χ2n) is 7.34. The normalized spacial score (nSPS) is 15.5. The van der Waals surface area contributed by atoms with Gasteiger partial charge in [-0.05, 0) is 66.6 Å². The van der Waals surface area contributed by atoms with Crippen LogP contribution in [0.1, 0.15) is 15.9 Å². The summed E-state index contributed by atoms with van der Waals surface area (Å²) >= 11 is 5.82. The lowest BCUT2D eigenvalue weighted by Crippen LogP contribution is -2.34. The second kappa shape index (κ2) is 8.99. The summed E-state index contributed by atoms with van der Waals surface area (Å²) in [4.78, 5) is 12.6. The largest absolute Gasteiger partial charge is 0.493 e. The number of ether oxygens (including phenoxy) is 1. The van der Waals surface area contributed by atoms with Crippen molar-refractivity contribution in [2.45, 2.75) is 11.3 Å². The molecule has 1 heterocycles. The minimum atomic E-state index is -3.77. The van der Waals surface area contributed by atoms with Gasteiger partial charge in [-0.25, -0.2) is 8.42 Å². The maximum atomic E-state index is 12.5. The van der Waals surface area contributed by atoms with Gasteiger partial charge < -0.3 is 10.1 Å². The molecular formula is C23H21ClN2O4S. The molecule has 0 spiro atoms. The molecule has 0 saturated carbocycles. The van der Waals surface area contributed by atoms with Gasteiger partial charge >= 0.3 is 0 Å². The van der Waals surface area contributed by atoms with Gasteiger partial charge in [0.1, 0.15) is 5.75 Å². The van der Waals surface area contributed by atoms with Gasteiger partial charge in [-0.1, -0.05) is 29.8 Å². The van der Waals surface area contributed by atoms with Crippen molar-refractivity contribution in [2.75, 3.05) is 17.9 Å². The molecule has 1 unspecified atom stereocenters. The number of sulfonamides is 1. The number of carbonyl (C=O) groups excluding carboxylic acids is 1. The number of hydrogen-bond donors (Lipinski definition) is 2. The maximum absolute atomic E-state index is 12.5. The molecule has 1 atom stereocenters. The number of halogens is 1. The summed E-state index contributed by atoms with van der Waals surface area (Å²) in [6.45, 7) is 1.02. The zero-order chi connectivity index (χ0) is 21.8. The third kappa shape index (κ3) is 5.18. The van der Waals surface area contributed by atoms with Crippen LogP contribution in [-0.4, -0.2) is 27.5 Å². The Morgan fingerprint density at radius 3 is 2.45 bits per heavy atom. The highest BCUT2D eigenvalue weighted by molar-refractivity contribution is 7.92. The Hall–Kier alpha value is -3.03. The van der Waals surface area contributed by atoms with Gasteiger partial charge in [-0.2, -0.15) is 0 Å². The Kier molecular flexibility index (Phi) is 6.15. The number of amides is 1. The number of carbonyl (C=O) groups is 1. The molecule has 0 saturated heterocycles. The van der Waals surface area contributed by atoms with Crippen LogP contribution in [0.5, 0.6) is 5.75 Å². The molecule has 6 nitrogen and oxygen atoms in total. The van der Waals surface area contributed by atoms with Crippen LogP contribution in [0, 0.1) is 5.92 Å². The van der Waals surface area contributed by atoms with Gasteiger partial charge in [0.15, 0.2) is 0 Å². The first-order valence-corrected chi connectivity index (χ1v) is 11.6. The van der Waals surface area contributed by atoms with E-state index >= 15 is 0 Å². The Morgan fingerprint density at radius 1 is 1.00 bits per heavy atom. The average molecular weight is 457 g/mol. The maximum Gasteiger partial charge on any atom is 0.261 e. The first-order chi connectivity index (χ1) is 14.9. The second-order valence-corrected chi connectivity index (χ2v) is 9.45. The summed E-state index contributed by atoms with van der Waals surface area (Å²) in [6, 6.07) is 20.1. The number of para-hydroxylation sites is 1. The molecule has 31 heavy (non-hydrogen) atoms.